The van der Waals surface area contributed by atoms with Crippen LogP contribution in [0.5, 0.6) is 5.75 Å². The van der Waals surface area contributed by atoms with Crippen LogP contribution in [0.15, 0.2) is 65.3 Å². The summed E-state index contributed by atoms with van der Waals surface area (Å²) in [5, 5.41) is 7.08. The van der Waals surface area contributed by atoms with Crippen molar-refractivity contribution in [3.8, 4) is 5.75 Å². The Morgan fingerprint density at radius 1 is 1.19 bits per heavy atom. The maximum absolute atomic E-state index is 13.9. The summed E-state index contributed by atoms with van der Waals surface area (Å²) in [6.07, 6.45) is 4.66. The van der Waals surface area contributed by atoms with Gasteiger partial charge in [-0.25, -0.2) is 13.3 Å². The van der Waals surface area contributed by atoms with Gasteiger partial charge >= 0.3 is 7.82 Å². The van der Waals surface area contributed by atoms with E-state index in [9.17, 15) is 13.3 Å². The SMILES string of the molecule is COc1c(F)cc(F)cc1NCc1ccc(Cc2cc(C3=CC=CN(COP(=O)(O)O)C3N)on2)cc1. The highest BCUT2D eigenvalue weighted by Crippen LogP contribution is 2.36. The molecule has 0 spiro atoms. The van der Waals surface area contributed by atoms with Crippen molar-refractivity contribution in [3.63, 3.8) is 0 Å². The first-order valence-electron chi connectivity index (χ1n) is 11.0. The smallest absolute Gasteiger partial charge is 0.471 e. The predicted octanol–water partition coefficient (Wildman–Crippen LogP) is 3.73. The zero-order chi connectivity index (χ0) is 26.6. The number of allylic oxidation sites excluding steroid dienone is 2. The summed E-state index contributed by atoms with van der Waals surface area (Å²) < 4.78 is 53.4. The Balaban J connectivity index is 1.36. The number of hydrogen-bond acceptors (Lipinski definition) is 8. The van der Waals surface area contributed by atoms with E-state index in [4.69, 9.17) is 24.8 Å². The fourth-order valence-electron chi connectivity index (χ4n) is 3.73. The number of ether oxygens (including phenoxy) is 1. The Hall–Kier alpha value is -3.54. The van der Waals surface area contributed by atoms with Crippen molar-refractivity contribution in [2.45, 2.75) is 19.1 Å². The molecule has 0 saturated carbocycles. The lowest BCUT2D eigenvalue weighted by molar-refractivity contribution is 0.110. The number of rotatable bonds is 10. The third kappa shape index (κ3) is 6.82. The Labute approximate surface area is 211 Å². The number of phosphoric acid groups is 1. The predicted molar refractivity (Wildman–Crippen MR) is 131 cm³/mol. The van der Waals surface area contributed by atoms with Gasteiger partial charge < -0.3 is 35.0 Å². The summed E-state index contributed by atoms with van der Waals surface area (Å²) in [6, 6.07) is 11.3. The molecule has 0 saturated heterocycles. The first kappa shape index (κ1) is 26.5. The maximum atomic E-state index is 13.9. The average molecular weight is 534 g/mol. The molecule has 4 rings (SSSR count). The van der Waals surface area contributed by atoms with Crippen LogP contribution in [0.1, 0.15) is 22.6 Å². The molecule has 1 aromatic heterocycles. The van der Waals surface area contributed by atoms with Crippen LogP contribution in [-0.2, 0) is 22.1 Å². The molecular formula is C24H25F2N4O6P. The van der Waals surface area contributed by atoms with Gasteiger partial charge in [-0.05, 0) is 17.2 Å². The molecule has 0 fully saturated rings. The molecule has 1 aliphatic heterocycles. The van der Waals surface area contributed by atoms with Gasteiger partial charge in [-0.3, -0.25) is 4.52 Å². The number of nitrogens with two attached hydrogens (primary N) is 1. The lowest BCUT2D eigenvalue weighted by Gasteiger charge is -2.30. The van der Waals surface area contributed by atoms with E-state index in [-0.39, 0.29) is 11.4 Å². The number of phosphoric ester groups is 1. The Kier molecular flexibility index (Phi) is 8.06. The average Bonchev–Trinajstić information content (AvgIpc) is 3.30. The van der Waals surface area contributed by atoms with Crippen molar-refractivity contribution in [3.05, 3.63) is 95.0 Å². The first-order chi connectivity index (χ1) is 17.6. The second kappa shape index (κ2) is 11.2. The molecule has 0 aliphatic carbocycles. The van der Waals surface area contributed by atoms with Crippen LogP contribution >= 0.6 is 7.82 Å². The van der Waals surface area contributed by atoms with Crippen molar-refractivity contribution in [2.24, 2.45) is 5.73 Å². The molecule has 0 amide bonds. The van der Waals surface area contributed by atoms with Gasteiger partial charge in [0.2, 0.25) is 0 Å². The summed E-state index contributed by atoms with van der Waals surface area (Å²) in [7, 11) is -3.33. The fraction of sp³-hybridized carbons (Fsp3) is 0.208. The minimum absolute atomic E-state index is 0.0550. The van der Waals surface area contributed by atoms with Crippen LogP contribution in [0, 0.1) is 11.6 Å². The number of hydrogen-bond donors (Lipinski definition) is 4. The number of benzene rings is 2. The first-order valence-corrected chi connectivity index (χ1v) is 12.6. The van der Waals surface area contributed by atoms with Crippen molar-refractivity contribution < 1.29 is 36.9 Å². The summed E-state index contributed by atoms with van der Waals surface area (Å²) in [6.45, 7) is -0.0716. The van der Waals surface area contributed by atoms with Crippen molar-refractivity contribution in [1.82, 2.24) is 10.1 Å². The van der Waals surface area contributed by atoms with E-state index in [1.807, 2.05) is 24.3 Å². The number of aromatic nitrogens is 1. The molecule has 1 unspecified atom stereocenters. The quantitative estimate of drug-likeness (QED) is 0.284. The summed E-state index contributed by atoms with van der Waals surface area (Å²) >= 11 is 0. The van der Waals surface area contributed by atoms with Crippen molar-refractivity contribution in [2.75, 3.05) is 19.2 Å². The molecule has 10 nitrogen and oxygen atoms in total. The second-order valence-electron chi connectivity index (χ2n) is 8.17. The summed E-state index contributed by atoms with van der Waals surface area (Å²) in [5.74, 6) is -1.12. The fourth-order valence-corrected chi connectivity index (χ4v) is 4.02. The highest BCUT2D eigenvalue weighted by Gasteiger charge is 2.25. The molecule has 1 aliphatic rings. The number of nitrogens with zero attached hydrogens (tertiary/aromatic N) is 2. The molecule has 196 valence electrons. The standard InChI is InChI=1S/C24H25F2N4O6P/c1-34-23-20(26)10-17(25)11-21(23)28-13-16-6-4-15(5-7-16)9-18-12-22(36-29-18)19-3-2-8-30(24(19)27)14-35-37(31,32)33/h2-8,10-12,24,28H,9,13-14,27H2,1H3,(H2,31,32,33). The molecular weight excluding hydrogens is 509 g/mol. The highest BCUT2D eigenvalue weighted by atomic mass is 31.2. The van der Waals surface area contributed by atoms with E-state index >= 15 is 0 Å². The highest BCUT2D eigenvalue weighted by molar-refractivity contribution is 7.46. The van der Waals surface area contributed by atoms with E-state index in [1.54, 1.807) is 24.4 Å². The van der Waals surface area contributed by atoms with Crippen LogP contribution in [0.4, 0.5) is 14.5 Å². The number of halogens is 2. The molecule has 0 radical (unpaired) electrons. The van der Waals surface area contributed by atoms with E-state index in [1.165, 1.54) is 18.1 Å². The van der Waals surface area contributed by atoms with Crippen molar-refractivity contribution in [1.29, 1.82) is 0 Å². The monoisotopic (exact) mass is 534 g/mol. The molecule has 13 heteroatoms. The normalized spacial score (nSPS) is 15.6. The third-order valence-electron chi connectivity index (χ3n) is 5.55. The van der Waals surface area contributed by atoms with Gasteiger partial charge in [-0.15, -0.1) is 0 Å². The topological polar surface area (TPSA) is 143 Å². The lowest BCUT2D eigenvalue weighted by Crippen LogP contribution is -2.41. The van der Waals surface area contributed by atoms with Gasteiger partial charge in [0.1, 0.15) is 18.7 Å². The van der Waals surface area contributed by atoms with Gasteiger partial charge in [0.05, 0.1) is 18.5 Å². The Morgan fingerprint density at radius 2 is 1.92 bits per heavy atom. The van der Waals surface area contributed by atoms with E-state index < -0.39 is 32.4 Å². The minimum Gasteiger partial charge on any atom is -0.492 e. The largest absolute Gasteiger partial charge is 0.492 e. The van der Waals surface area contributed by atoms with Crippen LogP contribution in [0.25, 0.3) is 5.57 Å². The van der Waals surface area contributed by atoms with Crippen LogP contribution in [-0.4, -0.2) is 39.8 Å². The number of methoxy groups -OCH3 is 1. The van der Waals surface area contributed by atoms with Crippen molar-refractivity contribution >= 4 is 19.1 Å². The van der Waals surface area contributed by atoms with Gasteiger partial charge in [-0.1, -0.05) is 35.5 Å². The Morgan fingerprint density at radius 3 is 2.62 bits per heavy atom. The van der Waals surface area contributed by atoms with E-state index in [2.05, 4.69) is 15.0 Å². The molecule has 5 N–H and O–H groups in total. The summed E-state index contributed by atoms with van der Waals surface area (Å²) in [4.78, 5) is 19.3. The van der Waals surface area contributed by atoms with Crippen LogP contribution < -0.4 is 15.8 Å². The van der Waals surface area contributed by atoms with Crippen LogP contribution in [0.2, 0.25) is 0 Å². The number of nitrogens with one attached hydrogen (secondary N) is 1. The Bertz CT molecular complexity index is 1360. The lowest BCUT2D eigenvalue weighted by atomic mass is 10.0. The van der Waals surface area contributed by atoms with Gasteiger partial charge in [0, 0.05) is 42.9 Å². The molecule has 1 atom stereocenters. The van der Waals surface area contributed by atoms with Gasteiger partial charge in [0.15, 0.2) is 17.3 Å². The molecule has 3 aromatic rings. The second-order valence-corrected chi connectivity index (χ2v) is 9.41. The van der Waals surface area contributed by atoms with E-state index in [0.717, 1.165) is 17.2 Å². The summed E-state index contributed by atoms with van der Waals surface area (Å²) in [5.41, 5.74) is 9.49. The molecule has 37 heavy (non-hydrogen) atoms. The zero-order valence-electron chi connectivity index (χ0n) is 19.7. The third-order valence-corrected chi connectivity index (χ3v) is 6.00. The maximum Gasteiger partial charge on any atom is 0.471 e. The number of anilines is 1. The van der Waals surface area contributed by atoms with Gasteiger partial charge in [-0.2, -0.15) is 0 Å². The molecule has 0 bridgehead atoms. The molecule has 2 aromatic carbocycles. The molecule has 2 heterocycles. The van der Waals surface area contributed by atoms with Gasteiger partial charge in [0.25, 0.3) is 0 Å². The van der Waals surface area contributed by atoms with Crippen LogP contribution in [0.3, 0.4) is 0 Å². The minimum atomic E-state index is -4.64. The zero-order valence-corrected chi connectivity index (χ0v) is 20.6. The van der Waals surface area contributed by atoms with E-state index in [0.29, 0.717) is 30.0 Å².